The van der Waals surface area contributed by atoms with Crippen molar-refractivity contribution in [2.45, 2.75) is 45.1 Å². The number of ether oxygens (including phenoxy) is 1. The van der Waals surface area contributed by atoms with Gasteiger partial charge in [-0.25, -0.2) is 0 Å². The summed E-state index contributed by atoms with van der Waals surface area (Å²) in [5.41, 5.74) is 2.21. The first-order chi connectivity index (χ1) is 9.76. The molecule has 1 saturated carbocycles. The van der Waals surface area contributed by atoms with Crippen molar-refractivity contribution in [3.05, 3.63) is 23.0 Å². The molecule has 3 nitrogen and oxygen atoms in total. The number of nitrogens with one attached hydrogen (secondary N) is 1. The largest absolute Gasteiger partial charge is 0.494 e. The molecule has 1 aromatic heterocycles. The maximum Gasteiger partial charge on any atom is 0.178 e. The van der Waals surface area contributed by atoms with Gasteiger partial charge in [-0.1, -0.05) is 32.3 Å². The Morgan fingerprint density at radius 2 is 2.15 bits per heavy atom. The van der Waals surface area contributed by atoms with E-state index in [-0.39, 0.29) is 0 Å². The van der Waals surface area contributed by atoms with E-state index in [1.165, 1.54) is 37.6 Å². The van der Waals surface area contributed by atoms with Gasteiger partial charge in [-0.15, -0.1) is 0 Å². The van der Waals surface area contributed by atoms with Gasteiger partial charge in [-0.05, 0) is 43.1 Å². The van der Waals surface area contributed by atoms with E-state index in [1.807, 2.05) is 12.1 Å². The van der Waals surface area contributed by atoms with Crippen LogP contribution in [0, 0.1) is 10.7 Å². The molecule has 1 heterocycles. The van der Waals surface area contributed by atoms with Gasteiger partial charge in [-0.3, -0.25) is 0 Å². The van der Waals surface area contributed by atoms with E-state index in [2.05, 4.69) is 22.5 Å². The molecular weight excluding hydrogens is 268 g/mol. The highest BCUT2D eigenvalue weighted by Crippen LogP contribution is 2.38. The second kappa shape index (κ2) is 5.60. The van der Waals surface area contributed by atoms with Crippen LogP contribution < -0.4 is 4.74 Å². The minimum Gasteiger partial charge on any atom is -0.494 e. The van der Waals surface area contributed by atoms with Gasteiger partial charge in [0, 0.05) is 6.04 Å². The Balaban J connectivity index is 2.15. The molecule has 2 atom stereocenters. The van der Waals surface area contributed by atoms with Crippen LogP contribution in [-0.2, 0) is 0 Å². The van der Waals surface area contributed by atoms with Crippen molar-refractivity contribution in [3.8, 4) is 5.75 Å². The number of para-hydroxylation sites is 1. The standard InChI is InChI=1S/C16H22N2OS/c1-3-11-7-4-5-8-12(11)18-13-9-6-10-14(19-2)15(13)17-16(18)20/h6,9-12H,3-5,7-8H2,1-2H3,(H,17,20). The van der Waals surface area contributed by atoms with Gasteiger partial charge in [0.2, 0.25) is 0 Å². The minimum atomic E-state index is 0.530. The Morgan fingerprint density at radius 3 is 2.90 bits per heavy atom. The molecule has 0 amide bonds. The highest BCUT2D eigenvalue weighted by Gasteiger charge is 2.27. The number of benzene rings is 1. The van der Waals surface area contributed by atoms with Gasteiger partial charge in [0.15, 0.2) is 4.77 Å². The van der Waals surface area contributed by atoms with Crippen LogP contribution in [-0.4, -0.2) is 16.7 Å². The molecule has 2 unspecified atom stereocenters. The van der Waals surface area contributed by atoms with E-state index in [4.69, 9.17) is 17.0 Å². The van der Waals surface area contributed by atoms with E-state index in [0.717, 1.165) is 22.0 Å². The maximum atomic E-state index is 5.59. The molecule has 1 aromatic carbocycles. The highest BCUT2D eigenvalue weighted by atomic mass is 32.1. The zero-order chi connectivity index (χ0) is 14.1. The first kappa shape index (κ1) is 13.7. The fourth-order valence-corrected chi connectivity index (χ4v) is 3.96. The first-order valence-corrected chi connectivity index (χ1v) is 7.94. The van der Waals surface area contributed by atoms with Crippen molar-refractivity contribution in [1.82, 2.24) is 9.55 Å². The number of imidazole rings is 1. The van der Waals surface area contributed by atoms with Gasteiger partial charge >= 0.3 is 0 Å². The van der Waals surface area contributed by atoms with E-state index < -0.39 is 0 Å². The predicted molar refractivity (Wildman–Crippen MR) is 85.0 cm³/mol. The summed E-state index contributed by atoms with van der Waals surface area (Å²) < 4.78 is 8.61. The molecule has 0 radical (unpaired) electrons. The molecule has 4 heteroatoms. The summed E-state index contributed by atoms with van der Waals surface area (Å²) in [7, 11) is 1.71. The molecule has 0 aliphatic heterocycles. The number of aromatic nitrogens is 2. The number of H-pyrrole nitrogens is 1. The highest BCUT2D eigenvalue weighted by molar-refractivity contribution is 7.71. The smallest absolute Gasteiger partial charge is 0.178 e. The van der Waals surface area contributed by atoms with Crippen molar-refractivity contribution < 1.29 is 4.74 Å². The van der Waals surface area contributed by atoms with E-state index >= 15 is 0 Å². The Labute approximate surface area is 125 Å². The van der Waals surface area contributed by atoms with Crippen LogP contribution in [0.3, 0.4) is 0 Å². The summed E-state index contributed by atoms with van der Waals surface area (Å²) in [5, 5.41) is 0. The van der Waals surface area contributed by atoms with Crippen molar-refractivity contribution >= 4 is 23.3 Å². The number of hydrogen-bond acceptors (Lipinski definition) is 2. The van der Waals surface area contributed by atoms with E-state index in [9.17, 15) is 0 Å². The Morgan fingerprint density at radius 1 is 1.35 bits per heavy atom. The minimum absolute atomic E-state index is 0.530. The van der Waals surface area contributed by atoms with Crippen LogP contribution in [0.1, 0.15) is 45.1 Å². The fraction of sp³-hybridized carbons (Fsp3) is 0.562. The van der Waals surface area contributed by atoms with Crippen molar-refractivity contribution in [1.29, 1.82) is 0 Å². The van der Waals surface area contributed by atoms with Crippen LogP contribution in [0.25, 0.3) is 11.0 Å². The molecule has 3 rings (SSSR count). The van der Waals surface area contributed by atoms with E-state index in [0.29, 0.717) is 6.04 Å². The van der Waals surface area contributed by atoms with Crippen LogP contribution in [0.5, 0.6) is 5.75 Å². The Hall–Kier alpha value is -1.29. The summed E-state index contributed by atoms with van der Waals surface area (Å²) in [6, 6.07) is 6.70. The van der Waals surface area contributed by atoms with E-state index in [1.54, 1.807) is 7.11 Å². The normalized spacial score (nSPS) is 23.1. The second-order valence-electron chi connectivity index (χ2n) is 5.67. The number of fused-ring (bicyclic) bond motifs is 1. The maximum absolute atomic E-state index is 5.59. The van der Waals surface area contributed by atoms with Crippen molar-refractivity contribution in [2.75, 3.05) is 7.11 Å². The molecule has 1 N–H and O–H groups in total. The molecule has 1 fully saturated rings. The molecule has 108 valence electrons. The van der Waals surface area contributed by atoms with Gasteiger partial charge in [-0.2, -0.15) is 0 Å². The van der Waals surface area contributed by atoms with Crippen LogP contribution >= 0.6 is 12.2 Å². The number of aromatic amines is 1. The quantitative estimate of drug-likeness (QED) is 0.819. The fourth-order valence-electron chi connectivity index (χ4n) is 3.63. The molecule has 1 aliphatic rings. The molecular formula is C16H22N2OS. The molecule has 0 saturated heterocycles. The number of hydrogen-bond donors (Lipinski definition) is 1. The SMILES string of the molecule is CCC1CCCCC1n1c(=S)[nH]c2c(OC)cccc21. The van der Waals surface area contributed by atoms with Crippen LogP contribution in [0.15, 0.2) is 18.2 Å². The second-order valence-corrected chi connectivity index (χ2v) is 6.06. The zero-order valence-electron chi connectivity index (χ0n) is 12.2. The Kier molecular flexibility index (Phi) is 3.83. The number of nitrogens with zero attached hydrogens (tertiary/aromatic N) is 1. The van der Waals surface area contributed by atoms with Gasteiger partial charge in [0.1, 0.15) is 11.3 Å². The first-order valence-electron chi connectivity index (χ1n) is 7.53. The van der Waals surface area contributed by atoms with Gasteiger partial charge < -0.3 is 14.3 Å². The lowest BCUT2D eigenvalue weighted by Crippen LogP contribution is -2.22. The zero-order valence-corrected chi connectivity index (χ0v) is 13.0. The average Bonchev–Trinajstić information content (AvgIpc) is 2.82. The Bertz CT molecular complexity index is 658. The predicted octanol–water partition coefficient (Wildman–Crippen LogP) is 4.85. The summed E-state index contributed by atoms with van der Waals surface area (Å²) in [6.45, 7) is 2.29. The number of rotatable bonds is 3. The number of methoxy groups -OCH3 is 1. The molecule has 0 bridgehead atoms. The third-order valence-electron chi connectivity index (χ3n) is 4.66. The average molecular weight is 290 g/mol. The third-order valence-corrected chi connectivity index (χ3v) is 4.96. The van der Waals surface area contributed by atoms with Crippen molar-refractivity contribution in [2.24, 2.45) is 5.92 Å². The lowest BCUT2D eigenvalue weighted by Gasteiger charge is -2.32. The summed E-state index contributed by atoms with van der Waals surface area (Å²) in [5.74, 6) is 1.61. The van der Waals surface area contributed by atoms with Crippen molar-refractivity contribution in [3.63, 3.8) is 0 Å². The summed E-state index contributed by atoms with van der Waals surface area (Å²) >= 11 is 5.59. The molecule has 0 spiro atoms. The monoisotopic (exact) mass is 290 g/mol. The lowest BCUT2D eigenvalue weighted by atomic mass is 9.82. The van der Waals surface area contributed by atoms with Gasteiger partial charge in [0.05, 0.1) is 12.6 Å². The summed E-state index contributed by atoms with van der Waals surface area (Å²) in [4.78, 5) is 3.34. The molecule has 20 heavy (non-hydrogen) atoms. The van der Waals surface area contributed by atoms with Crippen LogP contribution in [0.4, 0.5) is 0 Å². The topological polar surface area (TPSA) is 29.9 Å². The molecule has 1 aliphatic carbocycles. The van der Waals surface area contributed by atoms with Crippen LogP contribution in [0.2, 0.25) is 0 Å². The molecule has 2 aromatic rings. The summed E-state index contributed by atoms with van der Waals surface area (Å²) in [6.07, 6.45) is 6.44. The third kappa shape index (κ3) is 2.16. The van der Waals surface area contributed by atoms with Gasteiger partial charge in [0.25, 0.3) is 0 Å². The lowest BCUT2D eigenvalue weighted by molar-refractivity contribution is 0.235.